The molecule has 228 valence electrons. The smallest absolute Gasteiger partial charge is 0.226 e. The van der Waals surface area contributed by atoms with Gasteiger partial charge in [0.1, 0.15) is 12.9 Å². The largest absolute Gasteiger partial charge is 0.493 e. The molecule has 2 aliphatic heterocycles. The maximum absolute atomic E-state index is 13.3. The number of hydrogen-bond donors (Lipinski definition) is 2. The molecule has 1 aliphatic carbocycles. The van der Waals surface area contributed by atoms with Crippen LogP contribution in [0.25, 0.3) is 5.57 Å². The second kappa shape index (κ2) is 15.1. The van der Waals surface area contributed by atoms with Gasteiger partial charge in [-0.1, -0.05) is 36.4 Å². The second-order valence-corrected chi connectivity index (χ2v) is 11.4. The molecule has 3 aliphatic rings. The highest BCUT2D eigenvalue weighted by molar-refractivity contribution is 5.98. The molecule has 0 spiro atoms. The van der Waals surface area contributed by atoms with Crippen molar-refractivity contribution in [3.05, 3.63) is 48.2 Å². The number of nitrogens with zero attached hydrogens (tertiary/aromatic N) is 5. The number of likely N-dealkylation sites (tertiary alicyclic amines) is 2. The molecule has 1 atom stereocenters. The lowest BCUT2D eigenvalue weighted by atomic mass is 9.85. The number of carbonyl (C=O) groups is 1. The van der Waals surface area contributed by atoms with Gasteiger partial charge in [-0.15, -0.1) is 0 Å². The third kappa shape index (κ3) is 7.46. The van der Waals surface area contributed by atoms with E-state index < -0.39 is 5.41 Å². The van der Waals surface area contributed by atoms with Crippen molar-refractivity contribution >= 4 is 29.9 Å². The van der Waals surface area contributed by atoms with Crippen molar-refractivity contribution in [1.29, 1.82) is 0 Å². The minimum absolute atomic E-state index is 0.0325. The van der Waals surface area contributed by atoms with E-state index in [-0.39, 0.29) is 38.1 Å². The molecule has 1 unspecified atom stereocenters. The minimum Gasteiger partial charge on any atom is -0.493 e. The number of aliphatic hydroxyl groups excluding tert-OH is 2. The van der Waals surface area contributed by atoms with Crippen molar-refractivity contribution in [2.75, 3.05) is 53.1 Å². The van der Waals surface area contributed by atoms with E-state index in [0.29, 0.717) is 30.6 Å². The number of amides is 1. The Morgan fingerprint density at radius 1 is 1.14 bits per heavy atom. The van der Waals surface area contributed by atoms with Gasteiger partial charge in [0.25, 0.3) is 0 Å². The first kappa shape index (κ1) is 31.4. The average Bonchev–Trinajstić information content (AvgIpc) is 3.41. The summed E-state index contributed by atoms with van der Waals surface area (Å²) in [7, 11) is 1.43. The Bertz CT molecular complexity index is 1180. The number of aliphatic imine (C=N–C) groups is 2. The predicted molar refractivity (Wildman–Crippen MR) is 166 cm³/mol. The quantitative estimate of drug-likeness (QED) is 0.248. The summed E-state index contributed by atoms with van der Waals surface area (Å²) in [6.45, 7) is 8.15. The molecule has 1 amide bonds. The van der Waals surface area contributed by atoms with Gasteiger partial charge < -0.3 is 29.6 Å². The molecular weight excluding hydrogens is 534 g/mol. The third-order valence-corrected chi connectivity index (χ3v) is 8.61. The second-order valence-electron chi connectivity index (χ2n) is 11.4. The molecule has 10 nitrogen and oxygen atoms in total. The Hall–Kier alpha value is -3.50. The summed E-state index contributed by atoms with van der Waals surface area (Å²) >= 11 is 0. The zero-order chi connectivity index (χ0) is 30.0. The third-order valence-electron chi connectivity index (χ3n) is 8.61. The van der Waals surface area contributed by atoms with E-state index in [1.54, 1.807) is 11.1 Å². The fourth-order valence-corrected chi connectivity index (χ4v) is 5.89. The van der Waals surface area contributed by atoms with Crippen LogP contribution in [0.1, 0.15) is 51.0 Å². The first-order valence-electron chi connectivity index (χ1n) is 14.9. The number of aliphatic hydroxyl groups is 2. The summed E-state index contributed by atoms with van der Waals surface area (Å²) in [5.41, 5.74) is 1.95. The van der Waals surface area contributed by atoms with Crippen molar-refractivity contribution in [1.82, 2.24) is 9.80 Å². The summed E-state index contributed by atoms with van der Waals surface area (Å²) in [5, 5.41) is 23.8. The summed E-state index contributed by atoms with van der Waals surface area (Å²) < 4.78 is 6.14. The maximum atomic E-state index is 13.3. The molecule has 0 bridgehead atoms. The normalized spacial score (nSPS) is 22.5. The van der Waals surface area contributed by atoms with Gasteiger partial charge in [-0.3, -0.25) is 4.79 Å². The molecule has 4 rings (SSSR count). The van der Waals surface area contributed by atoms with Gasteiger partial charge in [0.2, 0.25) is 11.9 Å². The van der Waals surface area contributed by atoms with Crippen LogP contribution in [0.2, 0.25) is 0 Å². The summed E-state index contributed by atoms with van der Waals surface area (Å²) in [6.07, 6.45) is 11.2. The number of rotatable bonds is 10. The molecular formula is C32H45N5O5. The Labute approximate surface area is 249 Å². The van der Waals surface area contributed by atoms with E-state index in [2.05, 4.69) is 51.9 Å². The molecule has 42 heavy (non-hydrogen) atoms. The van der Waals surface area contributed by atoms with Gasteiger partial charge in [-0.05, 0) is 74.4 Å². The van der Waals surface area contributed by atoms with Crippen LogP contribution in [0.5, 0.6) is 5.75 Å². The van der Waals surface area contributed by atoms with Crippen LogP contribution >= 0.6 is 0 Å². The Balaban J connectivity index is 1.25. The van der Waals surface area contributed by atoms with Crippen LogP contribution in [-0.2, 0) is 9.63 Å². The van der Waals surface area contributed by atoms with E-state index >= 15 is 0 Å². The topological polar surface area (TPSA) is 120 Å². The van der Waals surface area contributed by atoms with Gasteiger partial charge in [0.15, 0.2) is 0 Å². The van der Waals surface area contributed by atoms with E-state index in [1.807, 2.05) is 18.2 Å². The van der Waals surface area contributed by atoms with Crippen LogP contribution in [0, 0.1) is 17.3 Å². The van der Waals surface area contributed by atoms with Gasteiger partial charge in [0.05, 0.1) is 37.5 Å². The number of guanidine groups is 1. The monoisotopic (exact) mass is 579 g/mol. The first-order valence-corrected chi connectivity index (χ1v) is 14.9. The fourth-order valence-electron chi connectivity index (χ4n) is 5.89. The van der Waals surface area contributed by atoms with E-state index in [1.165, 1.54) is 12.7 Å². The number of piperidine rings is 1. The number of ether oxygens (including phenoxy) is 1. The van der Waals surface area contributed by atoms with Crippen LogP contribution in [0.4, 0.5) is 0 Å². The van der Waals surface area contributed by atoms with Crippen LogP contribution in [0.15, 0.2) is 57.8 Å². The lowest BCUT2D eigenvalue weighted by molar-refractivity contribution is -0.135. The lowest BCUT2D eigenvalue weighted by Crippen LogP contribution is -2.40. The molecule has 1 aromatic carbocycles. The van der Waals surface area contributed by atoms with Gasteiger partial charge in [-0.25, -0.2) is 9.98 Å². The van der Waals surface area contributed by atoms with Gasteiger partial charge in [0, 0.05) is 31.8 Å². The first-order chi connectivity index (χ1) is 20.5. The Morgan fingerprint density at radius 2 is 1.88 bits per heavy atom. The highest BCUT2D eigenvalue weighted by atomic mass is 16.6. The number of hydrogen-bond acceptors (Lipinski definition) is 7. The number of benzene rings is 1. The van der Waals surface area contributed by atoms with Gasteiger partial charge >= 0.3 is 0 Å². The number of carbonyl (C=O) groups excluding carboxylic acids is 1. The minimum atomic E-state index is -0.949. The number of allylic oxidation sites excluding steroid dienone is 3. The number of oxime groups is 1. The standard InChI is InChI=1S/C32H45N5O5/c1-4-5-16-34-31(33-2)36-17-14-24(15-18-36)20-42-28-12-10-26(11-13-28)25-6-8-27(9-7-25)30(40)37-19-29(35-41-3)32(21-37,22-38)23-39/h5-6,10-13,16,24,27,38-39H,2,4,7-9,14-15,17-23H2,1,3H3/b16-5+,34-31?,35-29+. The Morgan fingerprint density at radius 3 is 2.48 bits per heavy atom. The maximum Gasteiger partial charge on any atom is 0.226 e. The van der Waals surface area contributed by atoms with Crippen LogP contribution in [-0.4, -0.2) is 97.4 Å². The SMILES string of the molecule is C=NC(=N/C=C/CC)N1CCC(COc2ccc(C3=CCC(C(=O)N4C/C(=N\OC)C(CO)(CO)C4)CC3)cc2)CC1. The van der Waals surface area contributed by atoms with Crippen molar-refractivity contribution < 1.29 is 24.6 Å². The van der Waals surface area contributed by atoms with E-state index in [9.17, 15) is 15.0 Å². The molecule has 2 saturated heterocycles. The predicted octanol–water partition coefficient (Wildman–Crippen LogP) is 3.76. The van der Waals surface area contributed by atoms with Gasteiger partial charge in [-0.2, -0.15) is 0 Å². The molecule has 10 heteroatoms. The summed E-state index contributed by atoms with van der Waals surface area (Å²) in [4.78, 5) is 30.6. The molecule has 2 N–H and O–H groups in total. The Kier molecular flexibility index (Phi) is 11.3. The van der Waals surface area contributed by atoms with Crippen molar-refractivity contribution in [2.45, 2.75) is 45.4 Å². The molecule has 0 aromatic heterocycles. The molecule has 1 aromatic rings. The van der Waals surface area contributed by atoms with Crippen LogP contribution in [0.3, 0.4) is 0 Å². The van der Waals surface area contributed by atoms with Crippen molar-refractivity contribution in [3.8, 4) is 5.75 Å². The molecule has 2 heterocycles. The van der Waals surface area contributed by atoms with E-state index in [0.717, 1.165) is 56.5 Å². The highest BCUT2D eigenvalue weighted by Crippen LogP contribution is 2.35. The lowest BCUT2D eigenvalue weighted by Gasteiger charge is -2.32. The van der Waals surface area contributed by atoms with E-state index in [4.69, 9.17) is 9.57 Å². The molecule has 0 saturated carbocycles. The van der Waals surface area contributed by atoms with Crippen molar-refractivity contribution in [3.63, 3.8) is 0 Å². The zero-order valence-electron chi connectivity index (χ0n) is 25.0. The summed E-state index contributed by atoms with van der Waals surface area (Å²) in [5.74, 6) is 1.95. The highest BCUT2D eigenvalue weighted by Gasteiger charge is 2.46. The summed E-state index contributed by atoms with van der Waals surface area (Å²) in [6, 6.07) is 8.25. The fraction of sp³-hybridized carbons (Fsp3) is 0.562. The van der Waals surface area contributed by atoms with Crippen molar-refractivity contribution in [2.24, 2.45) is 32.4 Å². The average molecular weight is 580 g/mol. The van der Waals surface area contributed by atoms with Crippen LogP contribution < -0.4 is 4.74 Å². The molecule has 0 radical (unpaired) electrons. The zero-order valence-corrected chi connectivity index (χ0v) is 25.0. The molecule has 2 fully saturated rings.